The van der Waals surface area contributed by atoms with Crippen molar-refractivity contribution in [2.45, 2.75) is 49.5 Å². The molecule has 5 nitrogen and oxygen atoms in total. The lowest BCUT2D eigenvalue weighted by atomic mass is 9.87. The fourth-order valence-electron chi connectivity index (χ4n) is 5.19. The van der Waals surface area contributed by atoms with Crippen molar-refractivity contribution < 1.29 is 4.79 Å². The number of hydrogen-bond donors (Lipinski definition) is 1. The van der Waals surface area contributed by atoms with Crippen LogP contribution < -0.4 is 9.62 Å². The molecule has 0 spiro atoms. The molecule has 2 unspecified atom stereocenters. The first kappa shape index (κ1) is 25.6. The van der Waals surface area contributed by atoms with E-state index in [9.17, 15) is 4.79 Å². The van der Waals surface area contributed by atoms with Crippen molar-refractivity contribution in [2.24, 2.45) is 4.99 Å². The van der Waals surface area contributed by atoms with E-state index in [1.807, 2.05) is 29.2 Å². The third-order valence-electron chi connectivity index (χ3n) is 7.44. The summed E-state index contributed by atoms with van der Waals surface area (Å²) in [5.41, 5.74) is 4.84. The Morgan fingerprint density at radius 3 is 2.59 bits per heavy atom. The lowest BCUT2D eigenvalue weighted by molar-refractivity contribution is -0.118. The van der Waals surface area contributed by atoms with Gasteiger partial charge in [-0.15, -0.1) is 0 Å². The Morgan fingerprint density at radius 1 is 1.11 bits per heavy atom. The predicted molar refractivity (Wildman–Crippen MR) is 154 cm³/mol. The molecule has 37 heavy (non-hydrogen) atoms. The molecule has 0 saturated heterocycles. The summed E-state index contributed by atoms with van der Waals surface area (Å²) in [6.07, 6.45) is 3.80. The number of aryl methyl sites for hydroxylation is 1. The van der Waals surface area contributed by atoms with Gasteiger partial charge in [0, 0.05) is 36.6 Å². The van der Waals surface area contributed by atoms with Crippen molar-refractivity contribution >= 4 is 29.4 Å². The van der Waals surface area contributed by atoms with E-state index in [0.717, 1.165) is 43.9 Å². The topological polar surface area (TPSA) is 47.9 Å². The molecule has 1 N–H and O–H groups in total. The number of likely N-dealkylation sites (N-methyl/N-ethyl adjacent to an activating group) is 1. The zero-order chi connectivity index (χ0) is 25.6. The van der Waals surface area contributed by atoms with E-state index < -0.39 is 0 Å². The molecule has 0 radical (unpaired) electrons. The lowest BCUT2D eigenvalue weighted by Crippen LogP contribution is -2.40. The molecule has 3 aromatic carbocycles. The smallest absolute Gasteiger partial charge is 0.228 e. The van der Waals surface area contributed by atoms with Crippen molar-refractivity contribution in [3.63, 3.8) is 0 Å². The fourth-order valence-corrected chi connectivity index (χ4v) is 6.01. The number of aliphatic imine (C=N–C) groups is 1. The summed E-state index contributed by atoms with van der Waals surface area (Å²) in [7, 11) is 2.06. The lowest BCUT2D eigenvalue weighted by Gasteiger charge is -2.30. The number of amidine groups is 1. The van der Waals surface area contributed by atoms with Gasteiger partial charge in [-0.05, 0) is 78.1 Å². The Morgan fingerprint density at radius 2 is 1.86 bits per heavy atom. The van der Waals surface area contributed by atoms with Crippen LogP contribution in [0.5, 0.6) is 0 Å². The highest BCUT2D eigenvalue weighted by Crippen LogP contribution is 2.35. The van der Waals surface area contributed by atoms with Gasteiger partial charge in [0.05, 0.1) is 13.1 Å². The monoisotopic (exact) mass is 512 g/mol. The standard InChI is InChI=1S/C31H36N4OS/c1-23(24-10-5-3-6-11-24)20-31(36)35(22-30-32-18-19-34(30)2)26-17-16-25-12-9-15-29(28(25)21-26)33-37-27-13-7-4-8-14-27/h3-8,10-11,13-14,16-17,21,23,29,33H,9,12,15,18-20,22H2,1-2H3. The van der Waals surface area contributed by atoms with Gasteiger partial charge in [0.2, 0.25) is 5.91 Å². The molecule has 1 aliphatic heterocycles. The maximum absolute atomic E-state index is 13.8. The van der Waals surface area contributed by atoms with Gasteiger partial charge in [-0.3, -0.25) is 14.5 Å². The summed E-state index contributed by atoms with van der Waals surface area (Å²) in [6, 6.07) is 27.6. The summed E-state index contributed by atoms with van der Waals surface area (Å²) < 4.78 is 3.70. The van der Waals surface area contributed by atoms with Gasteiger partial charge in [0.15, 0.2) is 0 Å². The number of anilines is 1. The summed E-state index contributed by atoms with van der Waals surface area (Å²) >= 11 is 1.69. The van der Waals surface area contributed by atoms with Gasteiger partial charge < -0.3 is 9.80 Å². The minimum atomic E-state index is 0.137. The predicted octanol–water partition coefficient (Wildman–Crippen LogP) is 6.23. The molecule has 5 rings (SSSR count). The molecular formula is C31H36N4OS. The Hall–Kier alpha value is -3.09. The summed E-state index contributed by atoms with van der Waals surface area (Å²) in [6.45, 7) is 4.34. The van der Waals surface area contributed by atoms with Crippen LogP contribution in [0.1, 0.15) is 54.8 Å². The van der Waals surface area contributed by atoms with Crippen LogP contribution in [0, 0.1) is 0 Å². The van der Waals surface area contributed by atoms with E-state index in [1.165, 1.54) is 21.6 Å². The molecule has 1 amide bonds. The SMILES string of the molecule is CC(CC(=O)N(CC1=NCCN1C)c1ccc2c(c1)C(NSc1ccccc1)CCC2)c1ccccc1. The van der Waals surface area contributed by atoms with Gasteiger partial charge in [0.1, 0.15) is 5.84 Å². The van der Waals surface area contributed by atoms with Crippen molar-refractivity contribution in [1.29, 1.82) is 0 Å². The fraction of sp³-hybridized carbons (Fsp3) is 0.355. The normalized spacial score (nSPS) is 17.7. The number of carbonyl (C=O) groups is 1. The number of fused-ring (bicyclic) bond motifs is 1. The van der Waals surface area contributed by atoms with Crippen LogP contribution >= 0.6 is 11.9 Å². The van der Waals surface area contributed by atoms with Crippen molar-refractivity contribution in [3.8, 4) is 0 Å². The largest absolute Gasteiger partial charge is 0.360 e. The number of amides is 1. The van der Waals surface area contributed by atoms with Crippen LogP contribution in [-0.2, 0) is 11.2 Å². The molecule has 1 aliphatic carbocycles. The first-order valence-electron chi connectivity index (χ1n) is 13.3. The molecule has 192 valence electrons. The molecular weight excluding hydrogens is 476 g/mol. The second-order valence-corrected chi connectivity index (χ2v) is 11.0. The van der Waals surface area contributed by atoms with Gasteiger partial charge in [-0.2, -0.15) is 0 Å². The zero-order valence-electron chi connectivity index (χ0n) is 21.8. The second kappa shape index (κ2) is 12.0. The van der Waals surface area contributed by atoms with E-state index in [4.69, 9.17) is 4.99 Å². The summed E-state index contributed by atoms with van der Waals surface area (Å²) in [4.78, 5) is 23.8. The highest BCUT2D eigenvalue weighted by atomic mass is 32.2. The molecule has 0 saturated carbocycles. The van der Waals surface area contributed by atoms with E-state index in [0.29, 0.717) is 13.0 Å². The maximum atomic E-state index is 13.8. The third kappa shape index (κ3) is 6.25. The van der Waals surface area contributed by atoms with Crippen molar-refractivity contribution in [3.05, 3.63) is 95.6 Å². The summed E-state index contributed by atoms with van der Waals surface area (Å²) in [5.74, 6) is 1.26. The second-order valence-electron chi connectivity index (χ2n) is 10.1. The summed E-state index contributed by atoms with van der Waals surface area (Å²) in [5, 5.41) is 0. The van der Waals surface area contributed by atoms with E-state index in [2.05, 4.69) is 78.2 Å². The molecule has 2 aliphatic rings. The van der Waals surface area contributed by atoms with Crippen molar-refractivity contribution in [2.75, 3.05) is 31.6 Å². The first-order chi connectivity index (χ1) is 18.1. The Labute approximate surface area is 225 Å². The number of benzene rings is 3. The van der Waals surface area contributed by atoms with Gasteiger partial charge in [-0.1, -0.05) is 61.5 Å². The van der Waals surface area contributed by atoms with Crippen LogP contribution in [-0.4, -0.2) is 43.3 Å². The van der Waals surface area contributed by atoms with Crippen LogP contribution in [0.3, 0.4) is 0 Å². The number of carbonyl (C=O) groups excluding carboxylic acids is 1. The molecule has 3 aromatic rings. The third-order valence-corrected chi connectivity index (χ3v) is 8.35. The number of nitrogens with zero attached hydrogens (tertiary/aromatic N) is 3. The highest BCUT2D eigenvalue weighted by Gasteiger charge is 2.27. The average Bonchev–Trinajstić information content (AvgIpc) is 3.35. The number of rotatable bonds is 9. The molecule has 0 fully saturated rings. The molecule has 6 heteroatoms. The van der Waals surface area contributed by atoms with Gasteiger partial charge in [0.25, 0.3) is 0 Å². The Balaban J connectivity index is 1.40. The van der Waals surface area contributed by atoms with Gasteiger partial charge >= 0.3 is 0 Å². The molecule has 0 aromatic heterocycles. The first-order valence-corrected chi connectivity index (χ1v) is 14.1. The minimum Gasteiger partial charge on any atom is -0.360 e. The van der Waals surface area contributed by atoms with Crippen LogP contribution in [0.2, 0.25) is 0 Å². The average molecular weight is 513 g/mol. The Bertz CT molecular complexity index is 1230. The zero-order valence-corrected chi connectivity index (χ0v) is 22.6. The van der Waals surface area contributed by atoms with Crippen LogP contribution in [0.25, 0.3) is 0 Å². The van der Waals surface area contributed by atoms with E-state index in [1.54, 1.807) is 11.9 Å². The molecule has 2 atom stereocenters. The number of nitrogens with one attached hydrogen (secondary N) is 1. The van der Waals surface area contributed by atoms with Crippen molar-refractivity contribution in [1.82, 2.24) is 9.62 Å². The van der Waals surface area contributed by atoms with E-state index >= 15 is 0 Å². The molecule has 1 heterocycles. The van der Waals surface area contributed by atoms with Crippen LogP contribution in [0.15, 0.2) is 88.8 Å². The quantitative estimate of drug-likeness (QED) is 0.345. The van der Waals surface area contributed by atoms with Crippen LogP contribution in [0.4, 0.5) is 5.69 Å². The van der Waals surface area contributed by atoms with Gasteiger partial charge in [-0.25, -0.2) is 0 Å². The minimum absolute atomic E-state index is 0.137. The highest BCUT2D eigenvalue weighted by molar-refractivity contribution is 7.97. The van der Waals surface area contributed by atoms with E-state index in [-0.39, 0.29) is 17.9 Å². The molecule has 0 bridgehead atoms. The number of hydrogen-bond acceptors (Lipinski definition) is 5. The Kier molecular flexibility index (Phi) is 8.27. The maximum Gasteiger partial charge on any atom is 0.228 e.